The van der Waals surface area contributed by atoms with Crippen molar-refractivity contribution in [3.05, 3.63) is 118 Å². The van der Waals surface area contributed by atoms with Crippen molar-refractivity contribution in [3.63, 3.8) is 0 Å². The maximum atomic E-state index is 14.3. The number of halogens is 3. The number of hydrogen-bond acceptors (Lipinski definition) is 10. The van der Waals surface area contributed by atoms with Crippen molar-refractivity contribution >= 4 is 90.2 Å². The van der Waals surface area contributed by atoms with Gasteiger partial charge in [0.15, 0.2) is 16.3 Å². The third-order valence-electron chi connectivity index (χ3n) is 7.17. The first kappa shape index (κ1) is 35.0. The van der Waals surface area contributed by atoms with Crippen LogP contribution in [-0.2, 0) is 16.1 Å². The number of benzene rings is 3. The number of aromatic nitrogens is 1. The summed E-state index contributed by atoms with van der Waals surface area (Å²) in [6, 6.07) is 12.6. The van der Waals surface area contributed by atoms with Crippen LogP contribution in [0.15, 0.2) is 74.1 Å². The second-order valence-electron chi connectivity index (χ2n) is 10.0. The molecule has 1 aliphatic heterocycles. The van der Waals surface area contributed by atoms with Crippen molar-refractivity contribution in [2.24, 2.45) is 4.99 Å². The van der Waals surface area contributed by atoms with Crippen molar-refractivity contribution in [2.45, 2.75) is 26.5 Å². The monoisotopic (exact) mass is 945 g/mol. The van der Waals surface area contributed by atoms with Gasteiger partial charge in [-0.1, -0.05) is 27.3 Å². The first-order chi connectivity index (χ1) is 22.5. The largest absolute Gasteiger partial charge is 0.493 e. The Hall–Kier alpha value is -3.29. The lowest BCUT2D eigenvalue weighted by Gasteiger charge is -2.26. The van der Waals surface area contributed by atoms with Gasteiger partial charge in [0.05, 0.1) is 51.2 Å². The molecule has 1 aromatic heterocycles. The molecule has 0 fully saturated rings. The number of ether oxygens (including phenoxy) is 4. The number of carbonyl (C=O) groups excluding carboxylic acids is 1. The van der Waals surface area contributed by atoms with Gasteiger partial charge in [-0.05, 0) is 113 Å². The van der Waals surface area contributed by atoms with Crippen LogP contribution in [0.25, 0.3) is 6.08 Å². The van der Waals surface area contributed by atoms with Crippen LogP contribution in [0.4, 0.5) is 5.69 Å². The quantitative estimate of drug-likeness (QED) is 0.0787. The third kappa shape index (κ3) is 7.26. The molecule has 1 atom stereocenters. The molecule has 5 rings (SSSR count). The highest BCUT2D eigenvalue weighted by Gasteiger charge is 2.35. The summed E-state index contributed by atoms with van der Waals surface area (Å²) in [5.41, 5.74) is 2.30. The molecule has 0 amide bonds. The maximum Gasteiger partial charge on any atom is 0.338 e. The Morgan fingerprint density at radius 2 is 1.81 bits per heavy atom. The molecule has 0 aliphatic carbocycles. The molecule has 4 aromatic rings. The molecule has 0 bridgehead atoms. The first-order valence-electron chi connectivity index (χ1n) is 13.9. The van der Waals surface area contributed by atoms with Gasteiger partial charge in [0.1, 0.15) is 12.4 Å². The number of fused-ring (bicyclic) bond motifs is 1. The lowest BCUT2D eigenvalue weighted by molar-refractivity contribution is -0.384. The number of nitro groups is 1. The number of rotatable bonds is 10. The van der Waals surface area contributed by atoms with E-state index in [1.165, 1.54) is 42.3 Å². The van der Waals surface area contributed by atoms with Crippen LogP contribution in [0.3, 0.4) is 0 Å². The summed E-state index contributed by atoms with van der Waals surface area (Å²) in [5.74, 6) is 0.874. The van der Waals surface area contributed by atoms with E-state index in [0.29, 0.717) is 47.9 Å². The van der Waals surface area contributed by atoms with Gasteiger partial charge >= 0.3 is 5.97 Å². The first-order valence-corrected chi connectivity index (χ1v) is 17.7. The van der Waals surface area contributed by atoms with Crippen LogP contribution in [0.5, 0.6) is 17.2 Å². The Bertz CT molecular complexity index is 2110. The molecule has 15 heteroatoms. The minimum absolute atomic E-state index is 0.00609. The third-order valence-corrected chi connectivity index (χ3v) is 10.3. The lowest BCUT2D eigenvalue weighted by atomic mass is 9.95. The minimum Gasteiger partial charge on any atom is -0.493 e. The average Bonchev–Trinajstić information content (AvgIpc) is 3.33. The van der Waals surface area contributed by atoms with E-state index >= 15 is 0 Å². The van der Waals surface area contributed by atoms with E-state index in [2.05, 4.69) is 66.1 Å². The number of esters is 1. The van der Waals surface area contributed by atoms with E-state index in [9.17, 15) is 19.7 Å². The molecular formula is C32H26BrI2N3O8S. The standard InChI is InChI=1S/C32H26BrI2N3O8S/c1-5-45-31(40)27-16(2)36-32-37(28(27)21-13-24(43-3)25(44-4)14-22(21)33)30(39)26(47-32)11-18-10-19(34)12-23(35)29(18)46-15-17-6-8-20(9-7-17)38(41)42/h6-14,28H,5,15H2,1-4H3/b26-11-/t28-/m1/s1. The molecule has 0 radical (unpaired) electrons. The van der Waals surface area contributed by atoms with Crippen LogP contribution in [0, 0.1) is 17.3 Å². The van der Waals surface area contributed by atoms with Crippen molar-refractivity contribution < 1.29 is 28.7 Å². The van der Waals surface area contributed by atoms with Gasteiger partial charge < -0.3 is 18.9 Å². The fourth-order valence-corrected chi connectivity index (χ4v) is 8.64. The van der Waals surface area contributed by atoms with Gasteiger partial charge in [-0.15, -0.1) is 0 Å². The fourth-order valence-electron chi connectivity index (χ4n) is 5.02. The lowest BCUT2D eigenvalue weighted by Crippen LogP contribution is -2.40. The predicted octanol–water partition coefficient (Wildman–Crippen LogP) is 6.27. The second-order valence-corrected chi connectivity index (χ2v) is 14.3. The van der Waals surface area contributed by atoms with Gasteiger partial charge in [-0.25, -0.2) is 9.79 Å². The summed E-state index contributed by atoms with van der Waals surface area (Å²) in [7, 11) is 3.04. The second kappa shape index (κ2) is 14.9. The van der Waals surface area contributed by atoms with Crippen LogP contribution < -0.4 is 29.1 Å². The van der Waals surface area contributed by atoms with Gasteiger partial charge in [-0.3, -0.25) is 19.5 Å². The molecule has 1 aliphatic rings. The van der Waals surface area contributed by atoms with Gasteiger partial charge in [-0.2, -0.15) is 0 Å². The molecular weight excluding hydrogens is 920 g/mol. The van der Waals surface area contributed by atoms with Gasteiger partial charge in [0, 0.05) is 25.7 Å². The number of allylic oxidation sites excluding steroid dienone is 1. The molecule has 0 N–H and O–H groups in total. The minimum atomic E-state index is -0.879. The molecule has 47 heavy (non-hydrogen) atoms. The van der Waals surface area contributed by atoms with E-state index in [1.807, 2.05) is 12.1 Å². The normalized spacial score (nSPS) is 14.4. The summed E-state index contributed by atoms with van der Waals surface area (Å²) in [5, 5.41) is 11.1. The number of nitrogens with zero attached hydrogens (tertiary/aromatic N) is 3. The zero-order chi connectivity index (χ0) is 34.0. The smallest absolute Gasteiger partial charge is 0.338 e. The maximum absolute atomic E-state index is 14.3. The molecule has 2 heterocycles. The zero-order valence-corrected chi connectivity index (χ0v) is 32.1. The van der Waals surface area contributed by atoms with E-state index in [1.54, 1.807) is 44.2 Å². The number of hydrogen-bond donors (Lipinski definition) is 0. The topological polar surface area (TPSA) is 131 Å². The van der Waals surface area contributed by atoms with Crippen LogP contribution in [0.2, 0.25) is 0 Å². The zero-order valence-electron chi connectivity index (χ0n) is 25.3. The van der Waals surface area contributed by atoms with Crippen molar-refractivity contribution in [1.29, 1.82) is 0 Å². The highest BCUT2D eigenvalue weighted by atomic mass is 127. The average molecular weight is 946 g/mol. The van der Waals surface area contributed by atoms with Crippen LogP contribution in [0.1, 0.15) is 36.6 Å². The van der Waals surface area contributed by atoms with Gasteiger partial charge in [0.2, 0.25) is 0 Å². The SMILES string of the molecule is CCOC(=O)C1=C(C)N=c2s/c(=C\c3cc(I)cc(I)c3OCc3ccc([N+](=O)[O-])cc3)c(=O)n2[C@@H]1c1cc(OC)c(OC)cc1Br. The van der Waals surface area contributed by atoms with E-state index in [0.717, 1.165) is 12.7 Å². The summed E-state index contributed by atoms with van der Waals surface area (Å²) >= 11 is 9.20. The number of methoxy groups -OCH3 is 2. The number of carbonyl (C=O) groups is 1. The summed E-state index contributed by atoms with van der Waals surface area (Å²) in [4.78, 5) is 43.4. The van der Waals surface area contributed by atoms with Crippen molar-refractivity contribution in [2.75, 3.05) is 20.8 Å². The molecule has 3 aromatic carbocycles. The Balaban J connectivity index is 1.66. The Kier molecular flexibility index (Phi) is 11.1. The fraction of sp³-hybridized carbons (Fsp3) is 0.219. The highest BCUT2D eigenvalue weighted by Crippen LogP contribution is 2.41. The molecule has 0 saturated heterocycles. The number of nitro benzene ring substituents is 1. The van der Waals surface area contributed by atoms with Crippen LogP contribution in [-0.4, -0.2) is 36.3 Å². The van der Waals surface area contributed by atoms with Gasteiger partial charge in [0.25, 0.3) is 11.2 Å². The van der Waals surface area contributed by atoms with Crippen LogP contribution >= 0.6 is 72.4 Å². The summed E-state index contributed by atoms with van der Waals surface area (Å²) in [6.07, 6.45) is 1.75. The van der Waals surface area contributed by atoms with E-state index in [-0.39, 0.29) is 30.0 Å². The molecule has 11 nitrogen and oxygen atoms in total. The Morgan fingerprint density at radius 3 is 2.45 bits per heavy atom. The number of non-ortho nitro benzene ring substituents is 1. The predicted molar refractivity (Wildman–Crippen MR) is 197 cm³/mol. The summed E-state index contributed by atoms with van der Waals surface area (Å²) < 4.78 is 26.9. The molecule has 0 saturated carbocycles. The van der Waals surface area contributed by atoms with E-state index in [4.69, 9.17) is 18.9 Å². The van der Waals surface area contributed by atoms with E-state index < -0.39 is 16.9 Å². The molecule has 0 spiro atoms. The van der Waals surface area contributed by atoms with Crippen molar-refractivity contribution in [3.8, 4) is 17.2 Å². The molecule has 244 valence electrons. The Morgan fingerprint density at radius 1 is 1.13 bits per heavy atom. The van der Waals surface area contributed by atoms with Crippen molar-refractivity contribution in [1.82, 2.24) is 4.57 Å². The number of thiazole rings is 1. The summed E-state index contributed by atoms with van der Waals surface area (Å²) in [6.45, 7) is 3.74. The molecule has 0 unspecified atom stereocenters. The highest BCUT2D eigenvalue weighted by molar-refractivity contribution is 14.1. The Labute approximate surface area is 308 Å².